The van der Waals surface area contributed by atoms with E-state index in [1.807, 2.05) is 37.3 Å². The predicted molar refractivity (Wildman–Crippen MR) is 85.3 cm³/mol. The topological polar surface area (TPSA) is 64.7 Å². The van der Waals surface area contributed by atoms with Crippen LogP contribution in [0.5, 0.6) is 0 Å². The number of nitro benzene ring substituents is 1. The summed E-state index contributed by atoms with van der Waals surface area (Å²) in [6.45, 7) is 2.35. The van der Waals surface area contributed by atoms with E-state index in [-0.39, 0.29) is 5.69 Å². The van der Waals surface area contributed by atoms with Crippen LogP contribution in [-0.4, -0.2) is 17.9 Å². The summed E-state index contributed by atoms with van der Waals surface area (Å²) in [7, 11) is 0. The van der Waals surface area contributed by atoms with Crippen LogP contribution in [0.25, 0.3) is 0 Å². The third-order valence-corrected chi connectivity index (χ3v) is 2.74. The maximum absolute atomic E-state index is 10.9. The molecule has 5 heteroatoms. The summed E-state index contributed by atoms with van der Waals surface area (Å²) < 4.78 is 5.06. The van der Waals surface area contributed by atoms with Crippen molar-refractivity contribution in [3.8, 4) is 11.8 Å². The molecule has 0 atom stereocenters. The van der Waals surface area contributed by atoms with E-state index in [1.165, 1.54) is 18.5 Å². The van der Waals surface area contributed by atoms with Crippen molar-refractivity contribution in [1.29, 1.82) is 0 Å². The summed E-state index contributed by atoms with van der Waals surface area (Å²) >= 11 is 0. The molecule has 0 amide bonds. The Morgan fingerprint density at radius 1 is 1.23 bits per heavy atom. The first-order chi connectivity index (χ1) is 10.7. The molecule has 0 aliphatic rings. The van der Waals surface area contributed by atoms with Gasteiger partial charge in [0.15, 0.2) is 6.40 Å². The molecule has 0 spiro atoms. The van der Waals surface area contributed by atoms with Crippen molar-refractivity contribution in [2.45, 2.75) is 6.92 Å². The molecular weight excluding hydrogens is 280 g/mol. The van der Waals surface area contributed by atoms with Crippen LogP contribution in [0, 0.1) is 22.0 Å². The first-order valence-electron chi connectivity index (χ1n) is 6.70. The van der Waals surface area contributed by atoms with Gasteiger partial charge < -0.3 is 4.74 Å². The molecule has 0 radical (unpaired) electrons. The zero-order valence-corrected chi connectivity index (χ0v) is 12.0. The monoisotopic (exact) mass is 294 g/mol. The molecule has 0 saturated carbocycles. The number of benzene rings is 2. The van der Waals surface area contributed by atoms with E-state index in [4.69, 9.17) is 4.74 Å². The summed E-state index contributed by atoms with van der Waals surface area (Å²) in [6.07, 6.45) is 1.31. The van der Waals surface area contributed by atoms with Crippen molar-refractivity contribution in [2.75, 3.05) is 6.61 Å². The van der Waals surface area contributed by atoms with Crippen molar-refractivity contribution in [3.05, 3.63) is 69.8 Å². The van der Waals surface area contributed by atoms with Crippen LogP contribution in [0.15, 0.2) is 53.5 Å². The fourth-order valence-electron chi connectivity index (χ4n) is 1.68. The van der Waals surface area contributed by atoms with Crippen molar-refractivity contribution < 1.29 is 9.66 Å². The minimum Gasteiger partial charge on any atom is -0.483 e. The highest BCUT2D eigenvalue weighted by molar-refractivity contribution is 5.65. The van der Waals surface area contributed by atoms with E-state index in [0.717, 1.165) is 5.56 Å². The van der Waals surface area contributed by atoms with Gasteiger partial charge in [-0.1, -0.05) is 30.0 Å². The standard InChI is InChI=1S/C17H14N2O3/c1-2-22-13-18-17-11-10-16(19(20)21)12-15(17)9-8-14-6-4-3-5-7-14/h3-7,10-13H,2H2,1H3. The smallest absolute Gasteiger partial charge is 0.270 e. The van der Waals surface area contributed by atoms with E-state index in [9.17, 15) is 10.1 Å². The Morgan fingerprint density at radius 3 is 2.68 bits per heavy atom. The van der Waals surface area contributed by atoms with Gasteiger partial charge in [-0.05, 0) is 25.1 Å². The summed E-state index contributed by atoms with van der Waals surface area (Å²) in [5.74, 6) is 5.90. The molecule has 0 heterocycles. The molecule has 0 unspecified atom stereocenters. The van der Waals surface area contributed by atoms with Crippen LogP contribution in [0.3, 0.4) is 0 Å². The lowest BCUT2D eigenvalue weighted by Crippen LogP contribution is -1.90. The Morgan fingerprint density at radius 2 is 2.00 bits per heavy atom. The number of nitrogens with zero attached hydrogens (tertiary/aromatic N) is 2. The van der Waals surface area contributed by atoms with E-state index in [0.29, 0.717) is 17.9 Å². The van der Waals surface area contributed by atoms with Crippen LogP contribution >= 0.6 is 0 Å². The van der Waals surface area contributed by atoms with Gasteiger partial charge in [0.1, 0.15) is 0 Å². The highest BCUT2D eigenvalue weighted by atomic mass is 16.6. The highest BCUT2D eigenvalue weighted by Crippen LogP contribution is 2.23. The van der Waals surface area contributed by atoms with Gasteiger partial charge in [-0.15, -0.1) is 0 Å². The van der Waals surface area contributed by atoms with Crippen LogP contribution < -0.4 is 0 Å². The lowest BCUT2D eigenvalue weighted by molar-refractivity contribution is -0.384. The zero-order chi connectivity index (χ0) is 15.8. The lowest BCUT2D eigenvalue weighted by atomic mass is 10.1. The number of hydrogen-bond donors (Lipinski definition) is 0. The number of nitro groups is 1. The summed E-state index contributed by atoms with van der Waals surface area (Å²) in [5, 5.41) is 10.9. The Hall–Kier alpha value is -3.13. The first kappa shape index (κ1) is 15.3. The van der Waals surface area contributed by atoms with Gasteiger partial charge in [0.2, 0.25) is 0 Å². The second kappa shape index (κ2) is 7.60. The van der Waals surface area contributed by atoms with Gasteiger partial charge in [0.05, 0.1) is 22.8 Å². The summed E-state index contributed by atoms with van der Waals surface area (Å²) in [4.78, 5) is 14.6. The third kappa shape index (κ3) is 4.18. The van der Waals surface area contributed by atoms with Gasteiger partial charge >= 0.3 is 0 Å². The number of aliphatic imine (C=N–C) groups is 1. The minimum absolute atomic E-state index is 0.0206. The predicted octanol–water partition coefficient (Wildman–Crippen LogP) is 3.69. The zero-order valence-electron chi connectivity index (χ0n) is 12.0. The quantitative estimate of drug-likeness (QED) is 0.284. The molecule has 110 valence electrons. The second-order valence-corrected chi connectivity index (χ2v) is 4.26. The normalized spacial score (nSPS) is 10.0. The van der Waals surface area contributed by atoms with Crippen LogP contribution in [0.2, 0.25) is 0 Å². The number of hydrogen-bond acceptors (Lipinski definition) is 4. The molecule has 2 rings (SSSR count). The van der Waals surface area contributed by atoms with E-state index >= 15 is 0 Å². The molecule has 0 aliphatic heterocycles. The highest BCUT2D eigenvalue weighted by Gasteiger charge is 2.08. The second-order valence-electron chi connectivity index (χ2n) is 4.26. The van der Waals surface area contributed by atoms with Gasteiger partial charge in [-0.25, -0.2) is 4.99 Å². The van der Waals surface area contributed by atoms with Gasteiger partial charge in [0, 0.05) is 17.7 Å². The maximum atomic E-state index is 10.9. The molecule has 2 aromatic rings. The molecule has 0 fully saturated rings. The molecule has 0 saturated heterocycles. The molecule has 5 nitrogen and oxygen atoms in total. The summed E-state index contributed by atoms with van der Waals surface area (Å²) in [5.41, 5.74) is 1.82. The van der Waals surface area contributed by atoms with Crippen molar-refractivity contribution >= 4 is 17.8 Å². The first-order valence-corrected chi connectivity index (χ1v) is 6.70. The van der Waals surface area contributed by atoms with E-state index in [1.54, 1.807) is 6.07 Å². The van der Waals surface area contributed by atoms with Crippen LogP contribution in [-0.2, 0) is 4.74 Å². The van der Waals surface area contributed by atoms with Gasteiger partial charge in [-0.3, -0.25) is 10.1 Å². The Balaban J connectivity index is 2.39. The Labute approximate surface area is 128 Å². The maximum Gasteiger partial charge on any atom is 0.270 e. The average molecular weight is 294 g/mol. The molecule has 0 bridgehead atoms. The summed E-state index contributed by atoms with van der Waals surface area (Å²) in [6, 6.07) is 13.8. The molecule has 0 N–H and O–H groups in total. The molecular formula is C17H14N2O3. The van der Waals surface area contributed by atoms with E-state index in [2.05, 4.69) is 16.8 Å². The fourth-order valence-corrected chi connectivity index (χ4v) is 1.68. The van der Waals surface area contributed by atoms with Crippen molar-refractivity contribution in [2.24, 2.45) is 4.99 Å². The van der Waals surface area contributed by atoms with E-state index < -0.39 is 4.92 Å². The van der Waals surface area contributed by atoms with Crippen LogP contribution in [0.1, 0.15) is 18.1 Å². The number of non-ortho nitro benzene ring substituents is 1. The Bertz CT molecular complexity index is 743. The number of rotatable bonds is 4. The van der Waals surface area contributed by atoms with Gasteiger partial charge in [0.25, 0.3) is 5.69 Å². The molecule has 0 aromatic heterocycles. The largest absolute Gasteiger partial charge is 0.483 e. The Kier molecular flexibility index (Phi) is 5.27. The third-order valence-electron chi connectivity index (χ3n) is 2.74. The SMILES string of the molecule is CCOC=Nc1ccc([N+](=O)[O-])cc1C#Cc1ccccc1. The molecule has 0 aliphatic carbocycles. The molecule has 2 aromatic carbocycles. The van der Waals surface area contributed by atoms with Crippen molar-refractivity contribution in [3.63, 3.8) is 0 Å². The lowest BCUT2D eigenvalue weighted by Gasteiger charge is -1.99. The average Bonchev–Trinajstić information content (AvgIpc) is 2.54. The molecule has 22 heavy (non-hydrogen) atoms. The van der Waals surface area contributed by atoms with Gasteiger partial charge in [-0.2, -0.15) is 0 Å². The fraction of sp³-hybridized carbons (Fsp3) is 0.118. The minimum atomic E-state index is -0.455. The van der Waals surface area contributed by atoms with Crippen LogP contribution in [0.4, 0.5) is 11.4 Å². The number of ether oxygens (including phenoxy) is 1. The van der Waals surface area contributed by atoms with Crippen molar-refractivity contribution in [1.82, 2.24) is 0 Å².